The summed E-state index contributed by atoms with van der Waals surface area (Å²) in [5.74, 6) is 0.102. The molecule has 0 radical (unpaired) electrons. The van der Waals surface area contributed by atoms with Gasteiger partial charge >= 0.3 is 0 Å². The van der Waals surface area contributed by atoms with Crippen LogP contribution < -0.4 is 0 Å². The van der Waals surface area contributed by atoms with Crippen molar-refractivity contribution in [2.75, 3.05) is 32.8 Å². The Morgan fingerprint density at radius 1 is 1.04 bits per heavy atom. The summed E-state index contributed by atoms with van der Waals surface area (Å²) in [7, 11) is 0. The highest BCUT2D eigenvalue weighted by atomic mass is 35.5. The zero-order valence-corrected chi connectivity index (χ0v) is 16.2. The van der Waals surface area contributed by atoms with Crippen molar-refractivity contribution in [3.63, 3.8) is 0 Å². The molecule has 2 aromatic carbocycles. The van der Waals surface area contributed by atoms with Gasteiger partial charge in [0.05, 0.1) is 6.10 Å². The molecule has 1 atom stereocenters. The first-order chi connectivity index (χ1) is 13.2. The molecule has 1 amide bonds. The average molecular weight is 385 g/mol. The molecule has 142 valence electrons. The molecule has 4 rings (SSSR count). The lowest BCUT2D eigenvalue weighted by Gasteiger charge is -2.35. The van der Waals surface area contributed by atoms with Crippen LogP contribution in [-0.2, 0) is 22.5 Å². The zero-order chi connectivity index (χ0) is 18.6. The molecule has 1 heterocycles. The number of benzene rings is 2. The summed E-state index contributed by atoms with van der Waals surface area (Å²) in [6.45, 7) is 4.38. The topological polar surface area (TPSA) is 32.8 Å². The average Bonchev–Trinajstić information content (AvgIpc) is 3.12. The second-order valence-corrected chi connectivity index (χ2v) is 7.76. The third kappa shape index (κ3) is 4.52. The van der Waals surface area contributed by atoms with E-state index in [9.17, 15) is 4.79 Å². The fourth-order valence-corrected chi connectivity index (χ4v) is 4.08. The largest absolute Gasteiger partial charge is 0.364 e. The van der Waals surface area contributed by atoms with Crippen LogP contribution in [0.15, 0.2) is 48.5 Å². The Balaban J connectivity index is 1.23. The fourth-order valence-electron chi connectivity index (χ4n) is 3.96. The number of halogens is 1. The van der Waals surface area contributed by atoms with Gasteiger partial charge in [0, 0.05) is 37.7 Å². The molecule has 5 heteroatoms. The first-order valence-corrected chi connectivity index (χ1v) is 10.0. The van der Waals surface area contributed by atoms with Crippen LogP contribution in [0.1, 0.15) is 29.2 Å². The summed E-state index contributed by atoms with van der Waals surface area (Å²) in [6, 6.07) is 16.4. The van der Waals surface area contributed by atoms with Crippen molar-refractivity contribution in [2.24, 2.45) is 0 Å². The minimum atomic E-state index is 0.0661. The summed E-state index contributed by atoms with van der Waals surface area (Å²) < 4.78 is 5.96. The Kier molecular flexibility index (Phi) is 5.77. The Labute approximate surface area is 165 Å². The number of hydrogen-bond donors (Lipinski definition) is 0. The van der Waals surface area contributed by atoms with E-state index in [1.807, 2.05) is 23.1 Å². The second kappa shape index (κ2) is 8.42. The van der Waals surface area contributed by atoms with Crippen molar-refractivity contribution in [2.45, 2.75) is 25.5 Å². The van der Waals surface area contributed by atoms with E-state index >= 15 is 0 Å². The fraction of sp³-hybridized carbons (Fsp3) is 0.409. The first-order valence-electron chi connectivity index (χ1n) is 9.63. The number of ether oxygens (including phenoxy) is 1. The molecule has 27 heavy (non-hydrogen) atoms. The summed E-state index contributed by atoms with van der Waals surface area (Å²) >= 11 is 5.94. The summed E-state index contributed by atoms with van der Waals surface area (Å²) in [6.07, 6.45) is 2.08. The van der Waals surface area contributed by atoms with Gasteiger partial charge in [-0.15, -0.1) is 0 Å². The summed E-state index contributed by atoms with van der Waals surface area (Å²) in [5.41, 5.74) is 3.85. The monoisotopic (exact) mass is 384 g/mol. The molecule has 2 aromatic rings. The quantitative estimate of drug-likeness (QED) is 0.788. The maximum atomic E-state index is 12.5. The number of hydrogen-bond acceptors (Lipinski definition) is 3. The molecule has 4 nitrogen and oxygen atoms in total. The van der Waals surface area contributed by atoms with Gasteiger partial charge in [-0.05, 0) is 41.7 Å². The van der Waals surface area contributed by atoms with Crippen LogP contribution in [-0.4, -0.2) is 48.5 Å². The van der Waals surface area contributed by atoms with E-state index in [0.29, 0.717) is 0 Å². The lowest BCUT2D eigenvalue weighted by Crippen LogP contribution is -2.49. The minimum absolute atomic E-state index is 0.0661. The number of carbonyl (C=O) groups is 1. The highest BCUT2D eigenvalue weighted by Crippen LogP contribution is 2.33. The predicted molar refractivity (Wildman–Crippen MR) is 107 cm³/mol. The van der Waals surface area contributed by atoms with Crippen molar-refractivity contribution in [1.29, 1.82) is 0 Å². The van der Waals surface area contributed by atoms with Crippen molar-refractivity contribution < 1.29 is 9.53 Å². The number of rotatable bonds is 5. The van der Waals surface area contributed by atoms with Crippen LogP contribution in [0.3, 0.4) is 0 Å². The van der Waals surface area contributed by atoms with Crippen LogP contribution in [0.2, 0.25) is 5.02 Å². The van der Waals surface area contributed by atoms with Crippen molar-refractivity contribution in [3.05, 3.63) is 70.2 Å². The number of carbonyl (C=O) groups excluding carboxylic acids is 1. The molecular formula is C22H25ClN2O2. The summed E-state index contributed by atoms with van der Waals surface area (Å²) in [4.78, 5) is 16.8. The highest BCUT2D eigenvalue weighted by molar-refractivity contribution is 6.30. The molecule has 2 aliphatic rings. The molecular weight excluding hydrogens is 360 g/mol. The SMILES string of the molecule is O=C(COC1CCc2ccccc21)N1CCN(Cc2ccc(Cl)cc2)CC1. The van der Waals surface area contributed by atoms with Gasteiger partial charge in [-0.2, -0.15) is 0 Å². The highest BCUT2D eigenvalue weighted by Gasteiger charge is 2.25. The molecule has 1 saturated heterocycles. The Morgan fingerprint density at radius 2 is 1.78 bits per heavy atom. The number of fused-ring (bicyclic) bond motifs is 1. The minimum Gasteiger partial charge on any atom is -0.364 e. The van der Waals surface area contributed by atoms with Crippen molar-refractivity contribution in [1.82, 2.24) is 9.80 Å². The lowest BCUT2D eigenvalue weighted by molar-refractivity contribution is -0.140. The van der Waals surface area contributed by atoms with Gasteiger partial charge in [-0.25, -0.2) is 0 Å². The lowest BCUT2D eigenvalue weighted by atomic mass is 10.1. The van der Waals surface area contributed by atoms with Crippen LogP contribution in [0.25, 0.3) is 0 Å². The van der Waals surface area contributed by atoms with Crippen LogP contribution in [0.4, 0.5) is 0 Å². The van der Waals surface area contributed by atoms with Crippen LogP contribution in [0.5, 0.6) is 0 Å². The van der Waals surface area contributed by atoms with Gasteiger partial charge in [-0.3, -0.25) is 9.69 Å². The van der Waals surface area contributed by atoms with Gasteiger partial charge in [0.25, 0.3) is 0 Å². The Morgan fingerprint density at radius 3 is 2.56 bits per heavy atom. The second-order valence-electron chi connectivity index (χ2n) is 7.32. The van der Waals surface area contributed by atoms with Crippen molar-refractivity contribution in [3.8, 4) is 0 Å². The van der Waals surface area contributed by atoms with E-state index < -0.39 is 0 Å². The number of aryl methyl sites for hydroxylation is 1. The molecule has 1 aliphatic carbocycles. The summed E-state index contributed by atoms with van der Waals surface area (Å²) in [5, 5.41) is 0.763. The maximum Gasteiger partial charge on any atom is 0.248 e. The molecule has 1 unspecified atom stereocenters. The number of nitrogens with zero attached hydrogens (tertiary/aromatic N) is 2. The van der Waals surface area contributed by atoms with Gasteiger partial charge in [0.1, 0.15) is 6.61 Å². The molecule has 0 saturated carbocycles. The number of amides is 1. The third-order valence-corrected chi connectivity index (χ3v) is 5.78. The standard InChI is InChI=1S/C22H25ClN2O2/c23-19-8-5-17(6-9-19)15-24-11-13-25(14-12-24)22(26)16-27-21-10-7-18-3-1-2-4-20(18)21/h1-6,8-9,21H,7,10-16H2. The Hall–Kier alpha value is -1.88. The van der Waals surface area contributed by atoms with Crippen LogP contribution in [0, 0.1) is 0 Å². The third-order valence-electron chi connectivity index (χ3n) is 5.53. The van der Waals surface area contributed by atoms with Gasteiger partial charge in [-0.1, -0.05) is 48.0 Å². The van der Waals surface area contributed by atoms with E-state index in [2.05, 4.69) is 35.2 Å². The predicted octanol–water partition coefficient (Wildman–Crippen LogP) is 3.69. The normalized spacial score (nSPS) is 19.9. The van der Waals surface area contributed by atoms with Crippen molar-refractivity contribution >= 4 is 17.5 Å². The van der Waals surface area contributed by atoms with E-state index in [4.69, 9.17) is 16.3 Å². The molecule has 0 aromatic heterocycles. The van der Waals surface area contributed by atoms with Crippen LogP contribution >= 0.6 is 11.6 Å². The van der Waals surface area contributed by atoms with Gasteiger partial charge < -0.3 is 9.64 Å². The van der Waals surface area contributed by atoms with E-state index in [1.54, 1.807) is 0 Å². The van der Waals surface area contributed by atoms with E-state index in [-0.39, 0.29) is 18.6 Å². The van der Waals surface area contributed by atoms with Gasteiger partial charge in [0.15, 0.2) is 0 Å². The molecule has 0 N–H and O–H groups in total. The zero-order valence-electron chi connectivity index (χ0n) is 15.4. The molecule has 1 fully saturated rings. The molecule has 0 bridgehead atoms. The molecule has 0 spiro atoms. The maximum absolute atomic E-state index is 12.5. The van der Waals surface area contributed by atoms with E-state index in [1.165, 1.54) is 16.7 Å². The molecule has 1 aliphatic heterocycles. The Bertz CT molecular complexity index is 785. The smallest absolute Gasteiger partial charge is 0.248 e. The van der Waals surface area contributed by atoms with Gasteiger partial charge in [0.2, 0.25) is 5.91 Å². The first kappa shape index (κ1) is 18.5. The van der Waals surface area contributed by atoms with E-state index in [0.717, 1.165) is 50.6 Å². The number of piperazine rings is 1.